The Morgan fingerprint density at radius 1 is 1.06 bits per heavy atom. The van der Waals surface area contributed by atoms with Gasteiger partial charge in [0.05, 0.1) is 18.9 Å². The Morgan fingerprint density at radius 2 is 1.81 bits per heavy atom. The van der Waals surface area contributed by atoms with Gasteiger partial charge in [-0.3, -0.25) is 14.1 Å². The molecule has 0 unspecified atom stereocenters. The minimum absolute atomic E-state index is 0.100. The number of hydrogen-bond donors (Lipinski definition) is 0. The molecule has 188 valence electrons. The van der Waals surface area contributed by atoms with Crippen LogP contribution in [0.15, 0.2) is 60.1 Å². The molecule has 0 spiro atoms. The predicted molar refractivity (Wildman–Crippen MR) is 146 cm³/mol. The van der Waals surface area contributed by atoms with Gasteiger partial charge in [-0.25, -0.2) is 4.98 Å². The van der Waals surface area contributed by atoms with E-state index in [1.54, 1.807) is 11.3 Å². The Hall–Kier alpha value is -3.00. The number of carbonyl (C=O) groups excluding carboxylic acids is 1. The van der Waals surface area contributed by atoms with Crippen LogP contribution in [0.3, 0.4) is 0 Å². The second kappa shape index (κ2) is 11.4. The first-order chi connectivity index (χ1) is 17.6. The Labute approximate surface area is 217 Å². The number of imidazole rings is 1. The third-order valence-electron chi connectivity index (χ3n) is 6.95. The summed E-state index contributed by atoms with van der Waals surface area (Å²) in [4.78, 5) is 23.7. The van der Waals surface area contributed by atoms with Crippen molar-refractivity contribution in [2.75, 3.05) is 45.9 Å². The SMILES string of the molecule is CCc1ccc(C(=O)N(CCc2csc3nc(-c4ccc(C)cc4)cn23)CCN2CCOCC2)cc1. The molecule has 1 amide bonds. The van der Waals surface area contributed by atoms with E-state index in [9.17, 15) is 4.79 Å². The maximum absolute atomic E-state index is 13.5. The van der Waals surface area contributed by atoms with Crippen LogP contribution in [-0.4, -0.2) is 71.0 Å². The minimum atomic E-state index is 0.100. The second-order valence-corrected chi connectivity index (χ2v) is 10.3. The molecule has 0 N–H and O–H groups in total. The number of hydrogen-bond acceptors (Lipinski definition) is 5. The molecule has 0 saturated carbocycles. The van der Waals surface area contributed by atoms with Crippen molar-refractivity contribution in [2.45, 2.75) is 26.7 Å². The molecule has 4 aromatic rings. The first-order valence-electron chi connectivity index (χ1n) is 12.8. The molecule has 0 aliphatic carbocycles. The third kappa shape index (κ3) is 5.69. The Kier molecular flexibility index (Phi) is 7.80. The van der Waals surface area contributed by atoms with Crippen molar-refractivity contribution in [3.63, 3.8) is 0 Å². The van der Waals surface area contributed by atoms with Crippen LogP contribution in [0.5, 0.6) is 0 Å². The first-order valence-corrected chi connectivity index (χ1v) is 13.7. The number of amides is 1. The van der Waals surface area contributed by atoms with Crippen LogP contribution >= 0.6 is 11.3 Å². The molecule has 5 rings (SSSR count). The van der Waals surface area contributed by atoms with Gasteiger partial charge >= 0.3 is 0 Å². The molecule has 36 heavy (non-hydrogen) atoms. The van der Waals surface area contributed by atoms with Gasteiger partial charge in [0, 0.05) is 67.5 Å². The lowest BCUT2D eigenvalue weighted by molar-refractivity contribution is 0.0325. The molecule has 0 bridgehead atoms. The molecule has 1 saturated heterocycles. The molecule has 1 aliphatic rings. The van der Waals surface area contributed by atoms with Crippen molar-refractivity contribution in [1.82, 2.24) is 19.2 Å². The number of morpholine rings is 1. The number of aryl methyl sites for hydroxylation is 2. The second-order valence-electron chi connectivity index (χ2n) is 9.42. The standard InChI is InChI=1S/C29H34N4O2S/c1-3-23-6-10-25(11-7-23)28(34)32(15-14-31-16-18-35-19-17-31)13-12-26-21-36-29-30-27(20-33(26)29)24-8-4-22(2)5-9-24/h4-11,20-21H,3,12-19H2,1-2H3. The van der Waals surface area contributed by atoms with Crippen LogP contribution in [0.25, 0.3) is 16.2 Å². The third-order valence-corrected chi connectivity index (χ3v) is 7.84. The van der Waals surface area contributed by atoms with Gasteiger partial charge in [0.2, 0.25) is 0 Å². The number of aromatic nitrogens is 2. The monoisotopic (exact) mass is 502 g/mol. The average Bonchev–Trinajstić information content (AvgIpc) is 3.51. The number of fused-ring (bicyclic) bond motifs is 1. The summed E-state index contributed by atoms with van der Waals surface area (Å²) >= 11 is 1.66. The van der Waals surface area contributed by atoms with Gasteiger partial charge in [-0.2, -0.15) is 0 Å². The maximum atomic E-state index is 13.5. The summed E-state index contributed by atoms with van der Waals surface area (Å²) in [5.74, 6) is 0.100. The molecule has 1 aliphatic heterocycles. The normalized spacial score (nSPS) is 14.4. The predicted octanol–water partition coefficient (Wildman–Crippen LogP) is 4.95. The number of ether oxygens (including phenoxy) is 1. The fraction of sp³-hybridized carbons (Fsp3) is 0.379. The van der Waals surface area contributed by atoms with Crippen LogP contribution in [0, 0.1) is 6.92 Å². The Morgan fingerprint density at radius 3 is 2.53 bits per heavy atom. The molecular weight excluding hydrogens is 468 g/mol. The lowest BCUT2D eigenvalue weighted by Gasteiger charge is -2.30. The fourth-order valence-electron chi connectivity index (χ4n) is 4.59. The smallest absolute Gasteiger partial charge is 0.253 e. The maximum Gasteiger partial charge on any atom is 0.253 e. The van der Waals surface area contributed by atoms with Gasteiger partial charge in [-0.1, -0.05) is 48.9 Å². The topological polar surface area (TPSA) is 50.1 Å². The Balaban J connectivity index is 1.32. The van der Waals surface area contributed by atoms with Crippen molar-refractivity contribution in [3.05, 3.63) is 82.5 Å². The molecule has 3 heterocycles. The van der Waals surface area contributed by atoms with E-state index in [2.05, 4.69) is 71.1 Å². The van der Waals surface area contributed by atoms with E-state index in [1.165, 1.54) is 16.8 Å². The highest BCUT2D eigenvalue weighted by atomic mass is 32.1. The summed E-state index contributed by atoms with van der Waals surface area (Å²) in [7, 11) is 0. The molecule has 7 heteroatoms. The van der Waals surface area contributed by atoms with E-state index < -0.39 is 0 Å². The zero-order valence-corrected chi connectivity index (χ0v) is 22.0. The highest BCUT2D eigenvalue weighted by Gasteiger charge is 2.19. The number of rotatable bonds is 9. The van der Waals surface area contributed by atoms with Crippen molar-refractivity contribution in [3.8, 4) is 11.3 Å². The zero-order chi connectivity index (χ0) is 24.9. The van der Waals surface area contributed by atoms with Gasteiger partial charge < -0.3 is 9.64 Å². The molecule has 1 fully saturated rings. The van der Waals surface area contributed by atoms with Gasteiger partial charge in [-0.05, 0) is 31.0 Å². The lowest BCUT2D eigenvalue weighted by Crippen LogP contribution is -2.43. The molecule has 0 atom stereocenters. The molecular formula is C29H34N4O2S. The summed E-state index contributed by atoms with van der Waals surface area (Å²) in [6.45, 7) is 9.86. The quantitative estimate of drug-likeness (QED) is 0.325. The van der Waals surface area contributed by atoms with Crippen molar-refractivity contribution < 1.29 is 9.53 Å². The van der Waals surface area contributed by atoms with Gasteiger partial charge in [0.25, 0.3) is 5.91 Å². The van der Waals surface area contributed by atoms with E-state index in [4.69, 9.17) is 9.72 Å². The van der Waals surface area contributed by atoms with Crippen molar-refractivity contribution in [2.24, 2.45) is 0 Å². The first kappa shape index (κ1) is 24.7. The summed E-state index contributed by atoms with van der Waals surface area (Å²) in [5.41, 5.74) is 6.54. The number of nitrogens with zero attached hydrogens (tertiary/aromatic N) is 4. The zero-order valence-electron chi connectivity index (χ0n) is 21.2. The van der Waals surface area contributed by atoms with Crippen LogP contribution < -0.4 is 0 Å². The van der Waals surface area contributed by atoms with Crippen LogP contribution in [-0.2, 0) is 17.6 Å². The lowest BCUT2D eigenvalue weighted by atomic mass is 10.1. The van der Waals surface area contributed by atoms with Crippen molar-refractivity contribution in [1.29, 1.82) is 0 Å². The number of benzene rings is 2. The van der Waals surface area contributed by atoms with E-state index in [0.29, 0.717) is 13.1 Å². The van der Waals surface area contributed by atoms with Gasteiger partial charge in [0.1, 0.15) is 0 Å². The van der Waals surface area contributed by atoms with Gasteiger partial charge in [0.15, 0.2) is 4.96 Å². The van der Waals surface area contributed by atoms with Crippen LogP contribution in [0.4, 0.5) is 0 Å². The minimum Gasteiger partial charge on any atom is -0.379 e. The largest absolute Gasteiger partial charge is 0.379 e. The molecule has 0 radical (unpaired) electrons. The highest BCUT2D eigenvalue weighted by Crippen LogP contribution is 2.24. The van der Waals surface area contributed by atoms with E-state index in [-0.39, 0.29) is 5.91 Å². The van der Waals surface area contributed by atoms with Crippen LogP contribution in [0.2, 0.25) is 0 Å². The fourth-order valence-corrected chi connectivity index (χ4v) is 5.50. The van der Waals surface area contributed by atoms with Gasteiger partial charge in [-0.15, -0.1) is 11.3 Å². The average molecular weight is 503 g/mol. The van der Waals surface area contributed by atoms with Crippen LogP contribution in [0.1, 0.15) is 34.1 Å². The molecule has 2 aromatic carbocycles. The van der Waals surface area contributed by atoms with E-state index in [0.717, 1.165) is 67.5 Å². The van der Waals surface area contributed by atoms with Crippen molar-refractivity contribution >= 4 is 22.2 Å². The molecule has 6 nitrogen and oxygen atoms in total. The van der Waals surface area contributed by atoms with E-state index >= 15 is 0 Å². The van der Waals surface area contributed by atoms with E-state index in [1.807, 2.05) is 17.0 Å². The number of carbonyl (C=O) groups is 1. The summed E-state index contributed by atoms with van der Waals surface area (Å²) in [5, 5.41) is 2.17. The summed E-state index contributed by atoms with van der Waals surface area (Å²) in [6, 6.07) is 16.5. The Bertz CT molecular complexity index is 1290. The molecule has 2 aromatic heterocycles. The highest BCUT2D eigenvalue weighted by molar-refractivity contribution is 7.15. The number of thiazole rings is 1. The summed E-state index contributed by atoms with van der Waals surface area (Å²) < 4.78 is 7.67. The summed E-state index contributed by atoms with van der Waals surface area (Å²) in [6.07, 6.45) is 3.87.